The standard InChI is InChI=1S/C14H9ClO5/c15-11-4-8(5-12(16)6-11)7-1-9(13(17)18)3-10(2-7)14(19)20/h1-6,16H,(H,17,18)(H,19,20). The summed E-state index contributed by atoms with van der Waals surface area (Å²) < 4.78 is 0. The molecular formula is C14H9ClO5. The monoisotopic (exact) mass is 292 g/mol. The molecule has 2 rings (SSSR count). The van der Waals surface area contributed by atoms with Gasteiger partial charge in [-0.1, -0.05) is 11.6 Å². The Hall–Kier alpha value is -2.53. The molecule has 0 radical (unpaired) electrons. The highest BCUT2D eigenvalue weighted by atomic mass is 35.5. The van der Waals surface area contributed by atoms with Crippen molar-refractivity contribution in [3.63, 3.8) is 0 Å². The molecule has 0 spiro atoms. The Bertz CT molecular complexity index is 656. The van der Waals surface area contributed by atoms with Crippen LogP contribution in [0.4, 0.5) is 0 Å². The Kier molecular flexibility index (Phi) is 3.63. The van der Waals surface area contributed by atoms with Crippen LogP contribution < -0.4 is 0 Å². The third-order valence-electron chi connectivity index (χ3n) is 2.64. The number of phenols is 1. The lowest BCUT2D eigenvalue weighted by molar-refractivity contribution is 0.0696. The molecule has 0 atom stereocenters. The van der Waals surface area contributed by atoms with Gasteiger partial charge in [0, 0.05) is 5.02 Å². The molecule has 2 aromatic carbocycles. The van der Waals surface area contributed by atoms with E-state index in [4.69, 9.17) is 21.8 Å². The Labute approximate surface area is 118 Å². The first-order valence-electron chi connectivity index (χ1n) is 5.48. The maximum absolute atomic E-state index is 11.0. The molecule has 5 nitrogen and oxygen atoms in total. The highest BCUT2D eigenvalue weighted by Crippen LogP contribution is 2.29. The van der Waals surface area contributed by atoms with E-state index in [0.29, 0.717) is 11.1 Å². The number of carboxylic acids is 2. The van der Waals surface area contributed by atoms with Crippen molar-refractivity contribution in [1.82, 2.24) is 0 Å². The van der Waals surface area contributed by atoms with Crippen LogP contribution in [0.25, 0.3) is 11.1 Å². The molecule has 0 aromatic heterocycles. The summed E-state index contributed by atoms with van der Waals surface area (Å²) >= 11 is 5.81. The smallest absolute Gasteiger partial charge is 0.335 e. The molecule has 102 valence electrons. The van der Waals surface area contributed by atoms with Crippen molar-refractivity contribution < 1.29 is 24.9 Å². The molecule has 3 N–H and O–H groups in total. The van der Waals surface area contributed by atoms with E-state index in [2.05, 4.69) is 0 Å². The van der Waals surface area contributed by atoms with Gasteiger partial charge in [0.2, 0.25) is 0 Å². The number of halogens is 1. The Morgan fingerprint density at radius 1 is 0.800 bits per heavy atom. The van der Waals surface area contributed by atoms with Gasteiger partial charge in [0.15, 0.2) is 0 Å². The van der Waals surface area contributed by atoms with Crippen LogP contribution in [0.15, 0.2) is 36.4 Å². The van der Waals surface area contributed by atoms with Gasteiger partial charge in [-0.15, -0.1) is 0 Å². The summed E-state index contributed by atoms with van der Waals surface area (Å²) in [5.74, 6) is -2.56. The Morgan fingerprint density at radius 3 is 1.75 bits per heavy atom. The maximum atomic E-state index is 11.0. The number of benzene rings is 2. The van der Waals surface area contributed by atoms with Gasteiger partial charge in [0.1, 0.15) is 5.75 Å². The minimum absolute atomic E-state index is 0.0925. The maximum Gasteiger partial charge on any atom is 0.335 e. The number of hydrogen-bond donors (Lipinski definition) is 3. The van der Waals surface area contributed by atoms with Gasteiger partial charge in [-0.05, 0) is 47.5 Å². The van der Waals surface area contributed by atoms with E-state index in [1.807, 2.05) is 0 Å². The predicted molar refractivity (Wildman–Crippen MR) is 72.5 cm³/mol. The zero-order valence-electron chi connectivity index (χ0n) is 10.0. The molecule has 0 aliphatic rings. The lowest BCUT2D eigenvalue weighted by atomic mass is 9.99. The molecule has 6 heteroatoms. The molecule has 0 saturated heterocycles. The summed E-state index contributed by atoms with van der Waals surface area (Å²) in [6.45, 7) is 0. The molecule has 2 aromatic rings. The quantitative estimate of drug-likeness (QED) is 0.808. The molecule has 0 unspecified atom stereocenters. The van der Waals surface area contributed by atoms with Crippen LogP contribution in [-0.2, 0) is 0 Å². The van der Waals surface area contributed by atoms with Gasteiger partial charge in [-0.3, -0.25) is 0 Å². The number of hydrogen-bond acceptors (Lipinski definition) is 3. The van der Waals surface area contributed by atoms with E-state index in [1.165, 1.54) is 30.3 Å². The highest BCUT2D eigenvalue weighted by Gasteiger charge is 2.13. The fourth-order valence-electron chi connectivity index (χ4n) is 1.78. The molecule has 0 aliphatic heterocycles. The molecule has 20 heavy (non-hydrogen) atoms. The second-order valence-corrected chi connectivity index (χ2v) is 4.54. The first-order chi connectivity index (χ1) is 9.36. The van der Waals surface area contributed by atoms with Crippen molar-refractivity contribution in [1.29, 1.82) is 0 Å². The molecule has 0 aliphatic carbocycles. The highest BCUT2D eigenvalue weighted by molar-refractivity contribution is 6.31. The first kappa shape index (κ1) is 13.9. The van der Waals surface area contributed by atoms with Crippen LogP contribution in [0, 0.1) is 0 Å². The van der Waals surface area contributed by atoms with Gasteiger partial charge < -0.3 is 15.3 Å². The van der Waals surface area contributed by atoms with Crippen LogP contribution >= 0.6 is 11.6 Å². The average molecular weight is 293 g/mol. The molecule has 0 heterocycles. The van der Waals surface area contributed by atoms with Gasteiger partial charge in [0.05, 0.1) is 11.1 Å². The normalized spacial score (nSPS) is 10.2. The molecule has 0 bridgehead atoms. The van der Waals surface area contributed by atoms with E-state index in [0.717, 1.165) is 6.07 Å². The summed E-state index contributed by atoms with van der Waals surface area (Å²) in [6, 6.07) is 7.91. The fraction of sp³-hybridized carbons (Fsp3) is 0. The van der Waals surface area contributed by atoms with Gasteiger partial charge in [-0.25, -0.2) is 9.59 Å². The fourth-order valence-corrected chi connectivity index (χ4v) is 2.01. The number of carboxylic acid groups (broad SMARTS) is 2. The second kappa shape index (κ2) is 5.22. The second-order valence-electron chi connectivity index (χ2n) is 4.11. The predicted octanol–water partition coefficient (Wildman–Crippen LogP) is 3.11. The van der Waals surface area contributed by atoms with Crippen LogP contribution in [0.2, 0.25) is 5.02 Å². The van der Waals surface area contributed by atoms with Crippen LogP contribution in [-0.4, -0.2) is 27.3 Å². The molecule has 0 saturated carbocycles. The van der Waals surface area contributed by atoms with E-state index >= 15 is 0 Å². The van der Waals surface area contributed by atoms with Crippen molar-refractivity contribution in [2.24, 2.45) is 0 Å². The van der Waals surface area contributed by atoms with E-state index in [9.17, 15) is 14.7 Å². The van der Waals surface area contributed by atoms with E-state index < -0.39 is 11.9 Å². The van der Waals surface area contributed by atoms with Gasteiger partial charge >= 0.3 is 11.9 Å². The SMILES string of the molecule is O=C(O)c1cc(C(=O)O)cc(-c2cc(O)cc(Cl)c2)c1. The van der Waals surface area contributed by atoms with Crippen molar-refractivity contribution in [3.8, 4) is 16.9 Å². The lowest BCUT2D eigenvalue weighted by Gasteiger charge is -2.07. The zero-order chi connectivity index (χ0) is 14.9. The van der Waals surface area contributed by atoms with Crippen molar-refractivity contribution in [2.75, 3.05) is 0 Å². The van der Waals surface area contributed by atoms with Crippen molar-refractivity contribution in [3.05, 3.63) is 52.5 Å². The topological polar surface area (TPSA) is 94.8 Å². The van der Waals surface area contributed by atoms with Gasteiger partial charge in [-0.2, -0.15) is 0 Å². The first-order valence-corrected chi connectivity index (χ1v) is 5.86. The summed E-state index contributed by atoms with van der Waals surface area (Å²) in [7, 11) is 0. The van der Waals surface area contributed by atoms with E-state index in [1.54, 1.807) is 0 Å². The molecule has 0 amide bonds. The zero-order valence-corrected chi connectivity index (χ0v) is 10.8. The minimum Gasteiger partial charge on any atom is -0.508 e. The Balaban J connectivity index is 2.66. The van der Waals surface area contributed by atoms with E-state index in [-0.39, 0.29) is 21.9 Å². The number of aromatic carboxylic acids is 2. The van der Waals surface area contributed by atoms with Crippen molar-refractivity contribution >= 4 is 23.5 Å². The van der Waals surface area contributed by atoms with Crippen LogP contribution in [0.1, 0.15) is 20.7 Å². The summed E-state index contributed by atoms with van der Waals surface area (Å²) in [6.07, 6.45) is 0. The summed E-state index contributed by atoms with van der Waals surface area (Å²) in [5.41, 5.74) is 0.472. The number of aromatic hydroxyl groups is 1. The summed E-state index contributed by atoms with van der Waals surface area (Å²) in [5, 5.41) is 27.8. The van der Waals surface area contributed by atoms with Gasteiger partial charge in [0.25, 0.3) is 0 Å². The number of carbonyl (C=O) groups is 2. The minimum atomic E-state index is -1.24. The molecular weight excluding hydrogens is 284 g/mol. The van der Waals surface area contributed by atoms with Crippen LogP contribution in [0.5, 0.6) is 5.75 Å². The third-order valence-corrected chi connectivity index (χ3v) is 2.86. The van der Waals surface area contributed by atoms with Crippen molar-refractivity contribution in [2.45, 2.75) is 0 Å². The Morgan fingerprint density at radius 2 is 1.30 bits per heavy atom. The average Bonchev–Trinajstić information content (AvgIpc) is 2.36. The summed E-state index contributed by atoms with van der Waals surface area (Å²) in [4.78, 5) is 22.0. The lowest BCUT2D eigenvalue weighted by Crippen LogP contribution is -2.03. The largest absolute Gasteiger partial charge is 0.508 e. The third kappa shape index (κ3) is 2.89. The number of rotatable bonds is 3. The number of phenolic OH excluding ortho intramolecular Hbond substituents is 1. The molecule has 0 fully saturated rings. The van der Waals surface area contributed by atoms with Crippen LogP contribution in [0.3, 0.4) is 0 Å².